The molecule has 1 aliphatic rings. The first-order chi connectivity index (χ1) is 8.02. The Balaban J connectivity index is 1.80. The van der Waals surface area contributed by atoms with Crippen molar-refractivity contribution in [2.75, 3.05) is 11.9 Å². The number of hydrogen-bond donors (Lipinski definition) is 3. The van der Waals surface area contributed by atoms with Crippen molar-refractivity contribution in [3.63, 3.8) is 0 Å². The van der Waals surface area contributed by atoms with Crippen LogP contribution in [0, 0.1) is 12.3 Å². The Morgan fingerprint density at radius 1 is 1.47 bits per heavy atom. The number of urea groups is 1. The van der Waals surface area contributed by atoms with Crippen molar-refractivity contribution in [3.05, 3.63) is 5.01 Å². The fraction of sp³-hybridized carbons (Fsp3) is 0.556. The maximum absolute atomic E-state index is 11.4. The Morgan fingerprint density at radius 2 is 2.18 bits per heavy atom. The van der Waals surface area contributed by atoms with Gasteiger partial charge < -0.3 is 10.4 Å². The standard InChI is InChI=1S/C9H12N4O3S/c1-5-12-13-8(17-5)11-7(16)10-4-9(2-3-9)6(14)15/h2-4H2,1H3,(H,14,15)(H2,10,11,13,16). The van der Waals surface area contributed by atoms with Gasteiger partial charge in [-0.3, -0.25) is 10.1 Å². The van der Waals surface area contributed by atoms with E-state index in [0.29, 0.717) is 18.0 Å². The fourth-order valence-corrected chi connectivity index (χ4v) is 1.94. The summed E-state index contributed by atoms with van der Waals surface area (Å²) in [6.07, 6.45) is 1.22. The van der Waals surface area contributed by atoms with E-state index in [1.165, 1.54) is 11.3 Å². The van der Waals surface area contributed by atoms with E-state index in [2.05, 4.69) is 20.8 Å². The van der Waals surface area contributed by atoms with E-state index in [0.717, 1.165) is 5.01 Å². The number of hydrogen-bond acceptors (Lipinski definition) is 5. The largest absolute Gasteiger partial charge is 0.481 e. The Bertz CT molecular complexity index is 455. The highest BCUT2D eigenvalue weighted by atomic mass is 32.1. The molecule has 0 aliphatic heterocycles. The summed E-state index contributed by atoms with van der Waals surface area (Å²) in [5.41, 5.74) is -0.756. The zero-order valence-corrected chi connectivity index (χ0v) is 10.0. The average molecular weight is 256 g/mol. The number of aryl methyl sites for hydroxylation is 1. The van der Waals surface area contributed by atoms with Gasteiger partial charge in [0.05, 0.1) is 5.41 Å². The first-order valence-corrected chi connectivity index (χ1v) is 5.92. The van der Waals surface area contributed by atoms with E-state index in [1.807, 2.05) is 0 Å². The Morgan fingerprint density at radius 3 is 2.65 bits per heavy atom. The molecule has 2 rings (SSSR count). The van der Waals surface area contributed by atoms with Crippen molar-refractivity contribution in [2.24, 2.45) is 5.41 Å². The molecule has 7 nitrogen and oxygen atoms in total. The number of anilines is 1. The second-order valence-electron chi connectivity index (χ2n) is 4.02. The minimum atomic E-state index is -0.857. The maximum atomic E-state index is 11.4. The molecule has 1 fully saturated rings. The summed E-state index contributed by atoms with van der Waals surface area (Å²) in [6, 6.07) is -0.450. The molecule has 1 saturated carbocycles. The van der Waals surface area contributed by atoms with E-state index in [-0.39, 0.29) is 6.54 Å². The molecule has 0 spiro atoms. The lowest BCUT2D eigenvalue weighted by molar-refractivity contribution is -0.143. The zero-order valence-electron chi connectivity index (χ0n) is 9.19. The molecule has 1 aliphatic carbocycles. The van der Waals surface area contributed by atoms with Gasteiger partial charge in [0.15, 0.2) is 0 Å². The number of nitrogens with one attached hydrogen (secondary N) is 2. The molecule has 0 unspecified atom stereocenters. The highest BCUT2D eigenvalue weighted by Crippen LogP contribution is 2.45. The smallest absolute Gasteiger partial charge is 0.321 e. The van der Waals surface area contributed by atoms with Gasteiger partial charge in [-0.25, -0.2) is 4.79 Å². The first kappa shape index (κ1) is 11.8. The lowest BCUT2D eigenvalue weighted by Gasteiger charge is -2.10. The van der Waals surface area contributed by atoms with Crippen LogP contribution in [0.1, 0.15) is 17.8 Å². The molecule has 0 bridgehead atoms. The number of carboxylic acid groups (broad SMARTS) is 1. The molecule has 1 aromatic rings. The summed E-state index contributed by atoms with van der Waals surface area (Å²) in [5.74, 6) is -0.857. The molecule has 0 saturated heterocycles. The molecular weight excluding hydrogens is 244 g/mol. The lowest BCUT2D eigenvalue weighted by atomic mass is 10.1. The van der Waals surface area contributed by atoms with Crippen molar-refractivity contribution < 1.29 is 14.7 Å². The van der Waals surface area contributed by atoms with Crippen LogP contribution in [0.25, 0.3) is 0 Å². The number of carboxylic acids is 1. The maximum Gasteiger partial charge on any atom is 0.321 e. The minimum absolute atomic E-state index is 0.145. The van der Waals surface area contributed by atoms with Crippen molar-refractivity contribution >= 4 is 28.5 Å². The van der Waals surface area contributed by atoms with Crippen molar-refractivity contribution in [1.29, 1.82) is 0 Å². The third kappa shape index (κ3) is 2.70. The number of carbonyl (C=O) groups excluding carboxylic acids is 1. The van der Waals surface area contributed by atoms with Crippen molar-refractivity contribution in [2.45, 2.75) is 19.8 Å². The summed E-state index contributed by atoms with van der Waals surface area (Å²) in [4.78, 5) is 22.3. The van der Waals surface area contributed by atoms with Gasteiger partial charge in [0, 0.05) is 6.54 Å². The van der Waals surface area contributed by atoms with Gasteiger partial charge in [-0.15, -0.1) is 10.2 Å². The predicted octanol–water partition coefficient (Wildman–Crippen LogP) is 0.833. The van der Waals surface area contributed by atoms with Gasteiger partial charge in [0.25, 0.3) is 0 Å². The molecule has 0 atom stereocenters. The number of aromatic nitrogens is 2. The van der Waals surface area contributed by atoms with E-state index >= 15 is 0 Å². The van der Waals surface area contributed by atoms with E-state index < -0.39 is 17.4 Å². The summed E-state index contributed by atoms with van der Waals surface area (Å²) in [5, 5.41) is 22.6. The molecule has 0 radical (unpaired) electrons. The fourth-order valence-electron chi connectivity index (χ4n) is 1.36. The van der Waals surface area contributed by atoms with Crippen LogP contribution in [-0.4, -0.2) is 33.8 Å². The molecule has 17 heavy (non-hydrogen) atoms. The molecule has 8 heteroatoms. The number of carbonyl (C=O) groups is 2. The van der Waals surface area contributed by atoms with Crippen LogP contribution in [0.3, 0.4) is 0 Å². The van der Waals surface area contributed by atoms with Crippen molar-refractivity contribution in [1.82, 2.24) is 15.5 Å². The number of amides is 2. The van der Waals surface area contributed by atoms with Crippen LogP contribution in [0.4, 0.5) is 9.93 Å². The van der Waals surface area contributed by atoms with Crippen LogP contribution >= 0.6 is 11.3 Å². The molecular formula is C9H12N4O3S. The number of nitrogens with zero attached hydrogens (tertiary/aromatic N) is 2. The second-order valence-corrected chi connectivity index (χ2v) is 5.20. The van der Waals surface area contributed by atoms with Gasteiger partial charge in [-0.2, -0.15) is 0 Å². The average Bonchev–Trinajstić information content (AvgIpc) is 2.96. The SMILES string of the molecule is Cc1nnc(NC(=O)NCC2(C(=O)O)CC2)s1. The van der Waals surface area contributed by atoms with Crippen molar-refractivity contribution in [3.8, 4) is 0 Å². The van der Waals surface area contributed by atoms with Gasteiger partial charge in [-0.1, -0.05) is 11.3 Å². The molecule has 1 heterocycles. The Kier molecular flexibility index (Phi) is 2.97. The van der Waals surface area contributed by atoms with Crippen LogP contribution in [0.5, 0.6) is 0 Å². The molecule has 1 aromatic heterocycles. The highest BCUT2D eigenvalue weighted by Gasteiger charge is 2.50. The molecule has 2 amide bonds. The molecule has 92 valence electrons. The summed E-state index contributed by atoms with van der Waals surface area (Å²) >= 11 is 1.26. The number of aliphatic carboxylic acids is 1. The highest BCUT2D eigenvalue weighted by molar-refractivity contribution is 7.15. The van der Waals surface area contributed by atoms with Crippen LogP contribution in [0.15, 0.2) is 0 Å². The Hall–Kier alpha value is -1.70. The predicted molar refractivity (Wildman–Crippen MR) is 61.0 cm³/mol. The molecule has 0 aromatic carbocycles. The number of rotatable bonds is 4. The van der Waals surface area contributed by atoms with Gasteiger partial charge >= 0.3 is 12.0 Å². The van der Waals surface area contributed by atoms with Crippen LogP contribution < -0.4 is 10.6 Å². The van der Waals surface area contributed by atoms with E-state index in [9.17, 15) is 9.59 Å². The third-order valence-electron chi connectivity index (χ3n) is 2.64. The van der Waals surface area contributed by atoms with E-state index in [4.69, 9.17) is 5.11 Å². The quantitative estimate of drug-likeness (QED) is 0.740. The third-order valence-corrected chi connectivity index (χ3v) is 3.40. The zero-order chi connectivity index (χ0) is 12.5. The summed E-state index contributed by atoms with van der Waals surface area (Å²) in [6.45, 7) is 1.93. The Labute approximate surface area is 101 Å². The summed E-state index contributed by atoms with van der Waals surface area (Å²) < 4.78 is 0. The lowest BCUT2D eigenvalue weighted by Crippen LogP contribution is -2.36. The van der Waals surface area contributed by atoms with Gasteiger partial charge in [-0.05, 0) is 19.8 Å². The monoisotopic (exact) mass is 256 g/mol. The topological polar surface area (TPSA) is 104 Å². The molecule has 3 N–H and O–H groups in total. The second kappa shape index (κ2) is 4.28. The van der Waals surface area contributed by atoms with Gasteiger partial charge in [0.2, 0.25) is 5.13 Å². The van der Waals surface area contributed by atoms with Gasteiger partial charge in [0.1, 0.15) is 5.01 Å². The van der Waals surface area contributed by atoms with Crippen LogP contribution in [-0.2, 0) is 4.79 Å². The summed E-state index contributed by atoms with van der Waals surface area (Å²) in [7, 11) is 0. The van der Waals surface area contributed by atoms with E-state index in [1.54, 1.807) is 6.92 Å². The minimum Gasteiger partial charge on any atom is -0.481 e. The van der Waals surface area contributed by atoms with Crippen LogP contribution in [0.2, 0.25) is 0 Å². The normalized spacial score (nSPS) is 16.3. The first-order valence-electron chi connectivity index (χ1n) is 5.10.